The number of nitrogens with one attached hydrogen (secondary N) is 1. The van der Waals surface area contributed by atoms with Gasteiger partial charge >= 0.3 is 0 Å². The fourth-order valence-corrected chi connectivity index (χ4v) is 2.09. The van der Waals surface area contributed by atoms with Gasteiger partial charge in [0, 0.05) is 18.8 Å². The molecule has 0 saturated carbocycles. The maximum Gasteiger partial charge on any atom is 0.141 e. The highest BCUT2D eigenvalue weighted by Gasteiger charge is 2.10. The van der Waals surface area contributed by atoms with E-state index in [1.807, 2.05) is 6.07 Å². The van der Waals surface area contributed by atoms with Crippen LogP contribution in [0.25, 0.3) is 0 Å². The fourth-order valence-electron chi connectivity index (χ4n) is 2.09. The normalized spacial score (nSPS) is 15.8. The number of halogens is 1. The molecular formula is C13H16FN3. The Labute approximate surface area is 101 Å². The van der Waals surface area contributed by atoms with E-state index in [9.17, 15) is 4.39 Å². The summed E-state index contributed by atoms with van der Waals surface area (Å²) in [4.78, 5) is 2.40. The fraction of sp³-hybridized carbons (Fsp3) is 0.462. The van der Waals surface area contributed by atoms with Gasteiger partial charge in [-0.1, -0.05) is 0 Å². The molecule has 1 aromatic carbocycles. The van der Waals surface area contributed by atoms with Crippen LogP contribution in [0.4, 0.5) is 10.1 Å². The minimum absolute atomic E-state index is 0.0937. The van der Waals surface area contributed by atoms with E-state index >= 15 is 0 Å². The standard InChI is InChI=1S/C13H16FN3/c14-13-4-3-12(9-11(13)10-15)16-5-8-17-6-1-2-7-17/h3-4,9,16H,1-2,5-8H2. The summed E-state index contributed by atoms with van der Waals surface area (Å²) < 4.78 is 13.1. The summed E-state index contributed by atoms with van der Waals surface area (Å²) in [6.07, 6.45) is 2.57. The largest absolute Gasteiger partial charge is 0.384 e. The predicted molar refractivity (Wildman–Crippen MR) is 65.3 cm³/mol. The van der Waals surface area contributed by atoms with Gasteiger partial charge in [-0.3, -0.25) is 0 Å². The van der Waals surface area contributed by atoms with E-state index in [1.54, 1.807) is 12.1 Å². The number of rotatable bonds is 4. The second-order valence-corrected chi connectivity index (χ2v) is 4.28. The van der Waals surface area contributed by atoms with Crippen LogP contribution in [0, 0.1) is 17.1 Å². The molecule has 0 aliphatic carbocycles. The van der Waals surface area contributed by atoms with E-state index in [-0.39, 0.29) is 5.56 Å². The minimum Gasteiger partial charge on any atom is -0.384 e. The highest BCUT2D eigenvalue weighted by atomic mass is 19.1. The van der Waals surface area contributed by atoms with Crippen LogP contribution >= 0.6 is 0 Å². The van der Waals surface area contributed by atoms with Crippen molar-refractivity contribution in [2.45, 2.75) is 12.8 Å². The Morgan fingerprint density at radius 1 is 1.35 bits per heavy atom. The monoisotopic (exact) mass is 233 g/mol. The molecule has 1 aliphatic rings. The Bertz CT molecular complexity index is 419. The Balaban J connectivity index is 1.84. The molecule has 90 valence electrons. The van der Waals surface area contributed by atoms with Crippen molar-refractivity contribution in [3.63, 3.8) is 0 Å². The van der Waals surface area contributed by atoms with Crippen molar-refractivity contribution in [3.8, 4) is 6.07 Å². The molecule has 1 N–H and O–H groups in total. The average molecular weight is 233 g/mol. The summed E-state index contributed by atoms with van der Waals surface area (Å²) in [6.45, 7) is 4.18. The van der Waals surface area contributed by atoms with Crippen LogP contribution in [-0.4, -0.2) is 31.1 Å². The Hall–Kier alpha value is -1.60. The summed E-state index contributed by atoms with van der Waals surface area (Å²) in [5.41, 5.74) is 0.901. The van der Waals surface area contributed by atoms with Crippen LogP contribution in [-0.2, 0) is 0 Å². The zero-order valence-corrected chi connectivity index (χ0v) is 9.75. The Kier molecular flexibility index (Phi) is 3.94. The molecule has 1 aliphatic heterocycles. The van der Waals surface area contributed by atoms with Crippen molar-refractivity contribution in [3.05, 3.63) is 29.6 Å². The number of nitrogens with zero attached hydrogens (tertiary/aromatic N) is 2. The second kappa shape index (κ2) is 5.65. The first-order chi connectivity index (χ1) is 8.29. The minimum atomic E-state index is -0.461. The first-order valence-electron chi connectivity index (χ1n) is 5.95. The lowest BCUT2D eigenvalue weighted by Gasteiger charge is -2.15. The topological polar surface area (TPSA) is 39.1 Å². The Morgan fingerprint density at radius 3 is 2.82 bits per heavy atom. The van der Waals surface area contributed by atoms with Crippen LogP contribution in [0.3, 0.4) is 0 Å². The second-order valence-electron chi connectivity index (χ2n) is 4.28. The van der Waals surface area contributed by atoms with Crippen molar-refractivity contribution in [2.75, 3.05) is 31.5 Å². The lowest BCUT2D eigenvalue weighted by Crippen LogP contribution is -2.25. The zero-order valence-electron chi connectivity index (χ0n) is 9.75. The van der Waals surface area contributed by atoms with Crippen LogP contribution < -0.4 is 5.32 Å². The molecule has 0 aromatic heterocycles. The van der Waals surface area contributed by atoms with Crippen LogP contribution in [0.2, 0.25) is 0 Å². The van der Waals surface area contributed by atoms with E-state index in [0.717, 1.165) is 18.8 Å². The molecule has 1 fully saturated rings. The number of hydrogen-bond acceptors (Lipinski definition) is 3. The van der Waals surface area contributed by atoms with Crippen molar-refractivity contribution in [1.29, 1.82) is 5.26 Å². The smallest absolute Gasteiger partial charge is 0.141 e. The van der Waals surface area contributed by atoms with Gasteiger partial charge in [0.1, 0.15) is 11.9 Å². The van der Waals surface area contributed by atoms with Crippen molar-refractivity contribution in [2.24, 2.45) is 0 Å². The molecule has 0 amide bonds. The molecule has 3 nitrogen and oxygen atoms in total. The van der Waals surface area contributed by atoms with Crippen LogP contribution in [0.15, 0.2) is 18.2 Å². The van der Waals surface area contributed by atoms with Crippen molar-refractivity contribution in [1.82, 2.24) is 4.90 Å². The maximum absolute atomic E-state index is 13.1. The van der Waals surface area contributed by atoms with Gasteiger partial charge in [-0.25, -0.2) is 4.39 Å². The van der Waals surface area contributed by atoms with Crippen molar-refractivity contribution >= 4 is 5.69 Å². The SMILES string of the molecule is N#Cc1cc(NCCN2CCCC2)ccc1F. The maximum atomic E-state index is 13.1. The third-order valence-electron chi connectivity index (χ3n) is 3.04. The number of benzene rings is 1. The Morgan fingerprint density at radius 2 is 2.12 bits per heavy atom. The van der Waals surface area contributed by atoms with Crippen molar-refractivity contribution < 1.29 is 4.39 Å². The average Bonchev–Trinajstić information content (AvgIpc) is 2.84. The third-order valence-corrected chi connectivity index (χ3v) is 3.04. The molecule has 1 aromatic rings. The summed E-state index contributed by atoms with van der Waals surface area (Å²) >= 11 is 0. The predicted octanol–water partition coefficient (Wildman–Crippen LogP) is 2.21. The molecule has 0 bridgehead atoms. The molecular weight excluding hydrogens is 217 g/mol. The highest BCUT2D eigenvalue weighted by molar-refractivity contribution is 5.49. The molecule has 0 unspecified atom stereocenters. The molecule has 2 rings (SSSR count). The van der Waals surface area contributed by atoms with Gasteiger partial charge in [0.05, 0.1) is 5.56 Å². The van der Waals surface area contributed by atoms with Gasteiger partial charge in [0.25, 0.3) is 0 Å². The van der Waals surface area contributed by atoms with Crippen LogP contribution in [0.5, 0.6) is 0 Å². The van der Waals surface area contributed by atoms with Gasteiger partial charge in [-0.2, -0.15) is 5.26 Å². The van der Waals surface area contributed by atoms with Crippen LogP contribution in [0.1, 0.15) is 18.4 Å². The molecule has 4 heteroatoms. The summed E-state index contributed by atoms with van der Waals surface area (Å²) in [5.74, 6) is -0.461. The zero-order chi connectivity index (χ0) is 12.1. The number of nitriles is 1. The molecule has 0 radical (unpaired) electrons. The first-order valence-corrected chi connectivity index (χ1v) is 5.95. The van der Waals surface area contributed by atoms with Gasteiger partial charge in [-0.15, -0.1) is 0 Å². The van der Waals surface area contributed by atoms with E-state index in [4.69, 9.17) is 5.26 Å². The first kappa shape index (κ1) is 11.9. The summed E-state index contributed by atoms with van der Waals surface area (Å²) in [7, 11) is 0. The molecule has 1 heterocycles. The van der Waals surface area contributed by atoms with E-state index in [2.05, 4.69) is 10.2 Å². The molecule has 1 saturated heterocycles. The molecule has 17 heavy (non-hydrogen) atoms. The van der Waals surface area contributed by atoms with E-state index in [0.29, 0.717) is 0 Å². The lowest BCUT2D eigenvalue weighted by atomic mass is 10.2. The summed E-state index contributed by atoms with van der Waals surface area (Å²) in [5, 5.41) is 11.9. The molecule has 0 spiro atoms. The number of anilines is 1. The van der Waals surface area contributed by atoms with Gasteiger partial charge in [0.2, 0.25) is 0 Å². The van der Waals surface area contributed by atoms with Gasteiger partial charge < -0.3 is 10.2 Å². The quantitative estimate of drug-likeness (QED) is 0.866. The highest BCUT2D eigenvalue weighted by Crippen LogP contribution is 2.14. The van der Waals surface area contributed by atoms with Gasteiger partial charge in [0.15, 0.2) is 0 Å². The molecule has 0 atom stereocenters. The third kappa shape index (κ3) is 3.18. The lowest BCUT2D eigenvalue weighted by molar-refractivity contribution is 0.352. The summed E-state index contributed by atoms with van der Waals surface area (Å²) in [6, 6.07) is 6.39. The number of likely N-dealkylation sites (tertiary alicyclic amines) is 1. The number of hydrogen-bond donors (Lipinski definition) is 1. The van der Waals surface area contributed by atoms with Gasteiger partial charge in [-0.05, 0) is 44.1 Å². The van der Waals surface area contributed by atoms with E-state index in [1.165, 1.54) is 32.0 Å². The van der Waals surface area contributed by atoms with E-state index < -0.39 is 5.82 Å².